The van der Waals surface area contributed by atoms with E-state index in [4.69, 9.17) is 23.2 Å². The molecule has 1 heterocycles. The lowest BCUT2D eigenvalue weighted by molar-refractivity contribution is 0.429. The Morgan fingerprint density at radius 3 is 2.58 bits per heavy atom. The van der Waals surface area contributed by atoms with Crippen LogP contribution in [0.5, 0.6) is 0 Å². The first-order valence-electron chi connectivity index (χ1n) is 6.62. The van der Waals surface area contributed by atoms with Gasteiger partial charge in [0.25, 0.3) is 0 Å². The maximum absolute atomic E-state index is 6.02. The van der Waals surface area contributed by atoms with Crippen molar-refractivity contribution in [1.82, 2.24) is 15.2 Å². The quantitative estimate of drug-likeness (QED) is 0.862. The van der Waals surface area contributed by atoms with E-state index in [1.54, 1.807) is 12.1 Å². The normalized spacial score (nSPS) is 16.7. The third-order valence-corrected chi connectivity index (χ3v) is 4.41. The second kappa shape index (κ2) is 5.51. The van der Waals surface area contributed by atoms with Crippen molar-refractivity contribution in [3.05, 3.63) is 34.1 Å². The minimum Gasteiger partial charge on any atom is -0.262 e. The monoisotopic (exact) mass is 295 g/mol. The fraction of sp³-hybridized carbons (Fsp3) is 0.429. The molecule has 1 saturated carbocycles. The molecule has 0 bridgehead atoms. The number of H-pyrrole nitrogens is 1. The molecular formula is C14H15Cl2N3. The van der Waals surface area contributed by atoms with Crippen molar-refractivity contribution in [2.45, 2.75) is 38.0 Å². The number of halogens is 2. The van der Waals surface area contributed by atoms with Gasteiger partial charge >= 0.3 is 0 Å². The minimum absolute atomic E-state index is 0.526. The second-order valence-corrected chi connectivity index (χ2v) is 5.82. The first-order valence-corrected chi connectivity index (χ1v) is 7.37. The average Bonchev–Trinajstić information content (AvgIpc) is 2.93. The number of aromatic amines is 1. The predicted octanol–water partition coefficient (Wildman–Crippen LogP) is 4.83. The van der Waals surface area contributed by atoms with E-state index in [1.165, 1.54) is 32.1 Å². The summed E-state index contributed by atoms with van der Waals surface area (Å²) >= 11 is 11.9. The summed E-state index contributed by atoms with van der Waals surface area (Å²) in [5.41, 5.74) is 0.896. The first kappa shape index (κ1) is 12.9. The van der Waals surface area contributed by atoms with Gasteiger partial charge in [0.1, 0.15) is 5.82 Å². The van der Waals surface area contributed by atoms with Gasteiger partial charge in [-0.05, 0) is 31.0 Å². The molecule has 2 aromatic rings. The number of nitrogens with zero attached hydrogens (tertiary/aromatic N) is 2. The highest BCUT2D eigenvalue weighted by Gasteiger charge is 2.19. The molecule has 19 heavy (non-hydrogen) atoms. The highest BCUT2D eigenvalue weighted by molar-refractivity contribution is 6.42. The molecule has 1 aromatic carbocycles. The Balaban J connectivity index is 1.85. The molecule has 0 unspecified atom stereocenters. The summed E-state index contributed by atoms with van der Waals surface area (Å²) in [6, 6.07) is 5.47. The van der Waals surface area contributed by atoms with E-state index in [1.807, 2.05) is 6.07 Å². The molecule has 0 radical (unpaired) electrons. The van der Waals surface area contributed by atoms with Crippen LogP contribution in [0.4, 0.5) is 0 Å². The standard InChI is InChI=1S/C14H15Cl2N3/c15-11-7-6-10(8-12(11)16)14-17-13(18-19-14)9-4-2-1-3-5-9/h6-9H,1-5H2,(H,17,18,19). The van der Waals surface area contributed by atoms with Crippen molar-refractivity contribution < 1.29 is 0 Å². The molecule has 0 amide bonds. The Bertz CT molecular complexity index is 574. The molecule has 5 heteroatoms. The molecule has 1 aliphatic carbocycles. The Hall–Kier alpha value is -1.06. The van der Waals surface area contributed by atoms with Crippen LogP contribution in [0.1, 0.15) is 43.8 Å². The lowest BCUT2D eigenvalue weighted by atomic mass is 9.89. The fourth-order valence-corrected chi connectivity index (χ4v) is 2.90. The topological polar surface area (TPSA) is 41.6 Å². The number of benzene rings is 1. The predicted molar refractivity (Wildman–Crippen MR) is 77.7 cm³/mol. The summed E-state index contributed by atoms with van der Waals surface area (Å²) in [5, 5.41) is 8.45. The van der Waals surface area contributed by atoms with Gasteiger partial charge in [-0.15, -0.1) is 0 Å². The lowest BCUT2D eigenvalue weighted by Gasteiger charge is -2.18. The molecule has 1 N–H and O–H groups in total. The van der Waals surface area contributed by atoms with Crippen molar-refractivity contribution in [2.24, 2.45) is 0 Å². The smallest absolute Gasteiger partial charge is 0.181 e. The molecule has 3 rings (SSSR count). The number of hydrogen-bond donors (Lipinski definition) is 1. The van der Waals surface area contributed by atoms with E-state index < -0.39 is 0 Å². The zero-order chi connectivity index (χ0) is 13.2. The maximum Gasteiger partial charge on any atom is 0.181 e. The molecule has 0 aliphatic heterocycles. The van der Waals surface area contributed by atoms with Crippen LogP contribution in [0.15, 0.2) is 18.2 Å². The Morgan fingerprint density at radius 2 is 1.84 bits per heavy atom. The van der Waals surface area contributed by atoms with Crippen LogP contribution in [0.2, 0.25) is 10.0 Å². The van der Waals surface area contributed by atoms with E-state index in [9.17, 15) is 0 Å². The minimum atomic E-state index is 0.526. The second-order valence-electron chi connectivity index (χ2n) is 5.01. The van der Waals surface area contributed by atoms with Crippen molar-refractivity contribution in [2.75, 3.05) is 0 Å². The summed E-state index contributed by atoms with van der Waals surface area (Å²) < 4.78 is 0. The summed E-state index contributed by atoms with van der Waals surface area (Å²) in [4.78, 5) is 4.61. The van der Waals surface area contributed by atoms with Gasteiger partial charge in [-0.25, -0.2) is 4.98 Å². The highest BCUT2D eigenvalue weighted by atomic mass is 35.5. The Kier molecular flexibility index (Phi) is 3.76. The average molecular weight is 296 g/mol. The summed E-state index contributed by atoms with van der Waals surface area (Å²) in [7, 11) is 0. The van der Waals surface area contributed by atoms with Crippen LogP contribution in [0.3, 0.4) is 0 Å². The fourth-order valence-electron chi connectivity index (χ4n) is 2.60. The van der Waals surface area contributed by atoms with E-state index in [-0.39, 0.29) is 0 Å². The molecule has 0 spiro atoms. The van der Waals surface area contributed by atoms with Crippen molar-refractivity contribution >= 4 is 23.2 Å². The van der Waals surface area contributed by atoms with Crippen LogP contribution < -0.4 is 0 Å². The molecule has 0 saturated heterocycles. The molecule has 1 aromatic heterocycles. The first-order chi connectivity index (χ1) is 9.24. The zero-order valence-corrected chi connectivity index (χ0v) is 12.0. The summed E-state index contributed by atoms with van der Waals surface area (Å²) in [6.07, 6.45) is 6.32. The van der Waals surface area contributed by atoms with Gasteiger partial charge in [-0.3, -0.25) is 5.10 Å². The van der Waals surface area contributed by atoms with Gasteiger partial charge in [0, 0.05) is 11.5 Å². The van der Waals surface area contributed by atoms with Gasteiger partial charge in [0.2, 0.25) is 0 Å². The van der Waals surface area contributed by atoms with E-state index in [2.05, 4.69) is 15.2 Å². The van der Waals surface area contributed by atoms with Gasteiger partial charge in [-0.1, -0.05) is 42.5 Å². The Labute approximate surface area is 122 Å². The third-order valence-electron chi connectivity index (χ3n) is 3.67. The Morgan fingerprint density at radius 1 is 1.05 bits per heavy atom. The van der Waals surface area contributed by atoms with Crippen molar-refractivity contribution in [1.29, 1.82) is 0 Å². The van der Waals surface area contributed by atoms with E-state index in [0.29, 0.717) is 21.8 Å². The van der Waals surface area contributed by atoms with E-state index >= 15 is 0 Å². The van der Waals surface area contributed by atoms with E-state index in [0.717, 1.165) is 11.4 Å². The van der Waals surface area contributed by atoms with Crippen molar-refractivity contribution in [3.63, 3.8) is 0 Å². The molecule has 1 aliphatic rings. The van der Waals surface area contributed by atoms with Gasteiger partial charge in [0.05, 0.1) is 10.0 Å². The van der Waals surface area contributed by atoms with Crippen LogP contribution in [0.25, 0.3) is 11.4 Å². The highest BCUT2D eigenvalue weighted by Crippen LogP contribution is 2.32. The lowest BCUT2D eigenvalue weighted by Crippen LogP contribution is -2.06. The molecule has 100 valence electrons. The van der Waals surface area contributed by atoms with Crippen LogP contribution in [0, 0.1) is 0 Å². The SMILES string of the molecule is Clc1ccc(-c2n[nH]c(C3CCCCC3)n2)cc1Cl. The van der Waals surface area contributed by atoms with Crippen LogP contribution in [-0.4, -0.2) is 15.2 Å². The van der Waals surface area contributed by atoms with Gasteiger partial charge in [-0.2, -0.15) is 5.10 Å². The number of rotatable bonds is 2. The molecule has 1 fully saturated rings. The van der Waals surface area contributed by atoms with Gasteiger partial charge < -0.3 is 0 Å². The number of aromatic nitrogens is 3. The molecule has 3 nitrogen and oxygen atoms in total. The van der Waals surface area contributed by atoms with Crippen LogP contribution in [-0.2, 0) is 0 Å². The molecule has 0 atom stereocenters. The summed E-state index contributed by atoms with van der Waals surface area (Å²) in [5.74, 6) is 2.22. The zero-order valence-electron chi connectivity index (χ0n) is 10.5. The van der Waals surface area contributed by atoms with Gasteiger partial charge in [0.15, 0.2) is 5.82 Å². The number of nitrogens with one attached hydrogen (secondary N) is 1. The number of hydrogen-bond acceptors (Lipinski definition) is 2. The van der Waals surface area contributed by atoms with Crippen molar-refractivity contribution in [3.8, 4) is 11.4 Å². The largest absolute Gasteiger partial charge is 0.262 e. The summed E-state index contributed by atoms with van der Waals surface area (Å²) in [6.45, 7) is 0. The van der Waals surface area contributed by atoms with Crippen LogP contribution >= 0.6 is 23.2 Å². The molecular weight excluding hydrogens is 281 g/mol. The third kappa shape index (κ3) is 2.77. The maximum atomic E-state index is 6.02.